The van der Waals surface area contributed by atoms with E-state index in [1.165, 1.54) is 0 Å². The quantitative estimate of drug-likeness (QED) is 0.783. The van der Waals surface area contributed by atoms with Crippen LogP contribution in [-0.2, 0) is 10.0 Å². The summed E-state index contributed by atoms with van der Waals surface area (Å²) in [7, 11) is -3.06. The Balaban J connectivity index is 2.76. The Hall–Kier alpha value is -0.130. The van der Waals surface area contributed by atoms with E-state index in [0.717, 1.165) is 25.9 Å². The number of nitrogens with one attached hydrogen (secondary N) is 1. The smallest absolute Gasteiger partial charge is 0.214 e. The number of piperazine rings is 1. The van der Waals surface area contributed by atoms with Crippen molar-refractivity contribution >= 4 is 10.0 Å². The summed E-state index contributed by atoms with van der Waals surface area (Å²) in [4.78, 5) is 0. The first-order valence-corrected chi connectivity index (χ1v) is 7.22. The monoisotopic (exact) mass is 234 g/mol. The van der Waals surface area contributed by atoms with E-state index in [1.807, 2.05) is 20.8 Å². The van der Waals surface area contributed by atoms with Crippen LogP contribution in [0.15, 0.2) is 0 Å². The third-order valence-electron chi connectivity index (χ3n) is 2.82. The Labute approximate surface area is 93.1 Å². The Kier molecular flexibility index (Phi) is 4.14. The highest BCUT2D eigenvalue weighted by molar-refractivity contribution is 7.89. The zero-order valence-electron chi connectivity index (χ0n) is 9.91. The maximum atomic E-state index is 12.1. The van der Waals surface area contributed by atoms with Gasteiger partial charge >= 0.3 is 0 Å². The maximum Gasteiger partial charge on any atom is 0.214 e. The molecular formula is C10H22N2O2S. The van der Waals surface area contributed by atoms with Crippen molar-refractivity contribution in [1.82, 2.24) is 9.62 Å². The van der Waals surface area contributed by atoms with Gasteiger partial charge in [-0.25, -0.2) is 8.42 Å². The van der Waals surface area contributed by atoms with Gasteiger partial charge in [-0.1, -0.05) is 13.3 Å². The van der Waals surface area contributed by atoms with Gasteiger partial charge in [0.2, 0.25) is 10.0 Å². The summed E-state index contributed by atoms with van der Waals surface area (Å²) < 4.78 is 25.8. The van der Waals surface area contributed by atoms with E-state index in [1.54, 1.807) is 4.31 Å². The summed E-state index contributed by atoms with van der Waals surface area (Å²) in [5, 5.41) is 3.23. The molecule has 4 nitrogen and oxygen atoms in total. The van der Waals surface area contributed by atoms with E-state index in [9.17, 15) is 8.42 Å². The van der Waals surface area contributed by atoms with Crippen molar-refractivity contribution in [2.24, 2.45) is 0 Å². The van der Waals surface area contributed by atoms with E-state index in [2.05, 4.69) is 5.32 Å². The van der Waals surface area contributed by atoms with Crippen molar-refractivity contribution in [3.63, 3.8) is 0 Å². The normalized spacial score (nSPS) is 22.9. The fraction of sp³-hybridized carbons (Fsp3) is 1.00. The summed E-state index contributed by atoms with van der Waals surface area (Å²) in [6, 6.07) is 0. The van der Waals surface area contributed by atoms with Crippen LogP contribution in [-0.4, -0.2) is 43.6 Å². The first-order valence-electron chi connectivity index (χ1n) is 5.61. The molecule has 1 heterocycles. The standard InChI is InChI=1S/C10H22N2O2S/c1-4-5-8-15(13,14)12-7-6-11-9-10(12,2)3/h11H,4-9H2,1-3H3. The van der Waals surface area contributed by atoms with Crippen LogP contribution in [0.3, 0.4) is 0 Å². The second kappa shape index (κ2) is 4.80. The van der Waals surface area contributed by atoms with Gasteiger partial charge in [-0.3, -0.25) is 0 Å². The van der Waals surface area contributed by atoms with E-state index < -0.39 is 10.0 Å². The largest absolute Gasteiger partial charge is 0.314 e. The molecule has 0 radical (unpaired) electrons. The van der Waals surface area contributed by atoms with Crippen molar-refractivity contribution in [2.75, 3.05) is 25.4 Å². The number of hydrogen-bond acceptors (Lipinski definition) is 3. The van der Waals surface area contributed by atoms with Crippen LogP contribution in [0, 0.1) is 0 Å². The molecule has 90 valence electrons. The highest BCUT2D eigenvalue weighted by Gasteiger charge is 2.37. The maximum absolute atomic E-state index is 12.1. The zero-order valence-corrected chi connectivity index (χ0v) is 10.7. The molecule has 0 aromatic heterocycles. The lowest BCUT2D eigenvalue weighted by Gasteiger charge is -2.41. The minimum absolute atomic E-state index is 0.285. The Morgan fingerprint density at radius 1 is 1.40 bits per heavy atom. The van der Waals surface area contributed by atoms with E-state index >= 15 is 0 Å². The van der Waals surface area contributed by atoms with Crippen LogP contribution in [0.2, 0.25) is 0 Å². The third kappa shape index (κ3) is 3.16. The first kappa shape index (κ1) is 12.9. The summed E-state index contributed by atoms with van der Waals surface area (Å²) >= 11 is 0. The predicted molar refractivity (Wildman–Crippen MR) is 62.3 cm³/mol. The highest BCUT2D eigenvalue weighted by Crippen LogP contribution is 2.21. The third-order valence-corrected chi connectivity index (χ3v) is 4.97. The molecule has 0 aromatic carbocycles. The minimum atomic E-state index is -3.06. The molecule has 0 unspecified atom stereocenters. The predicted octanol–water partition coefficient (Wildman–Crippen LogP) is 0.800. The summed E-state index contributed by atoms with van der Waals surface area (Å²) in [5.41, 5.74) is -0.287. The van der Waals surface area contributed by atoms with Crippen LogP contribution in [0.4, 0.5) is 0 Å². The number of sulfonamides is 1. The molecule has 0 saturated carbocycles. The molecule has 0 atom stereocenters. The van der Waals surface area contributed by atoms with Gasteiger partial charge < -0.3 is 5.32 Å². The van der Waals surface area contributed by atoms with E-state index in [-0.39, 0.29) is 11.3 Å². The summed E-state index contributed by atoms with van der Waals surface area (Å²) in [6.45, 7) is 8.05. The molecule has 1 rings (SSSR count). The topological polar surface area (TPSA) is 49.4 Å². The second-order valence-electron chi connectivity index (χ2n) is 4.73. The van der Waals surface area contributed by atoms with Gasteiger partial charge in [0.1, 0.15) is 0 Å². The van der Waals surface area contributed by atoms with Gasteiger partial charge in [-0.05, 0) is 20.3 Å². The molecule has 1 saturated heterocycles. The molecule has 0 aliphatic carbocycles. The van der Waals surface area contributed by atoms with Crippen LogP contribution in [0.5, 0.6) is 0 Å². The van der Waals surface area contributed by atoms with Crippen LogP contribution < -0.4 is 5.32 Å². The minimum Gasteiger partial charge on any atom is -0.314 e. The number of nitrogens with zero attached hydrogens (tertiary/aromatic N) is 1. The molecule has 0 bridgehead atoms. The fourth-order valence-corrected chi connectivity index (χ4v) is 3.98. The number of hydrogen-bond donors (Lipinski definition) is 1. The molecule has 5 heteroatoms. The molecule has 0 amide bonds. The lowest BCUT2D eigenvalue weighted by molar-refractivity contribution is 0.186. The second-order valence-corrected chi connectivity index (χ2v) is 6.74. The van der Waals surface area contributed by atoms with Crippen molar-refractivity contribution in [2.45, 2.75) is 39.2 Å². The van der Waals surface area contributed by atoms with E-state index in [4.69, 9.17) is 0 Å². The Morgan fingerprint density at radius 2 is 2.07 bits per heavy atom. The lowest BCUT2D eigenvalue weighted by atomic mass is 10.0. The van der Waals surface area contributed by atoms with Crippen molar-refractivity contribution in [3.8, 4) is 0 Å². The van der Waals surface area contributed by atoms with Gasteiger partial charge in [0.05, 0.1) is 5.75 Å². The Bertz CT molecular complexity index is 299. The van der Waals surface area contributed by atoms with Gasteiger partial charge in [0, 0.05) is 25.2 Å². The molecule has 1 N–H and O–H groups in total. The fourth-order valence-electron chi connectivity index (χ4n) is 1.92. The van der Waals surface area contributed by atoms with E-state index in [0.29, 0.717) is 6.54 Å². The molecule has 0 spiro atoms. The molecule has 1 aliphatic heterocycles. The van der Waals surface area contributed by atoms with Crippen LogP contribution >= 0.6 is 0 Å². The number of rotatable bonds is 4. The Morgan fingerprint density at radius 3 is 2.60 bits per heavy atom. The van der Waals surface area contributed by atoms with Crippen molar-refractivity contribution in [1.29, 1.82) is 0 Å². The van der Waals surface area contributed by atoms with Crippen LogP contribution in [0.1, 0.15) is 33.6 Å². The summed E-state index contributed by atoms with van der Waals surface area (Å²) in [6.07, 6.45) is 1.67. The number of unbranched alkanes of at least 4 members (excludes halogenated alkanes) is 1. The van der Waals surface area contributed by atoms with Gasteiger partial charge in [-0.2, -0.15) is 4.31 Å². The lowest BCUT2D eigenvalue weighted by Crippen LogP contribution is -2.60. The highest BCUT2D eigenvalue weighted by atomic mass is 32.2. The zero-order chi connectivity index (χ0) is 11.5. The summed E-state index contributed by atoms with van der Waals surface area (Å²) in [5.74, 6) is 0.285. The van der Waals surface area contributed by atoms with Gasteiger partial charge in [0.25, 0.3) is 0 Å². The molecular weight excluding hydrogens is 212 g/mol. The molecule has 0 aromatic rings. The van der Waals surface area contributed by atoms with Crippen molar-refractivity contribution in [3.05, 3.63) is 0 Å². The average molecular weight is 234 g/mol. The molecule has 1 aliphatic rings. The van der Waals surface area contributed by atoms with Gasteiger partial charge in [0.15, 0.2) is 0 Å². The van der Waals surface area contributed by atoms with Gasteiger partial charge in [-0.15, -0.1) is 0 Å². The SMILES string of the molecule is CCCCS(=O)(=O)N1CCNCC1(C)C. The molecule has 15 heavy (non-hydrogen) atoms. The average Bonchev–Trinajstić information content (AvgIpc) is 2.13. The van der Waals surface area contributed by atoms with Crippen LogP contribution in [0.25, 0.3) is 0 Å². The molecule has 1 fully saturated rings. The van der Waals surface area contributed by atoms with Crippen molar-refractivity contribution < 1.29 is 8.42 Å². The first-order chi connectivity index (χ1) is 6.90.